The van der Waals surface area contributed by atoms with Crippen LogP contribution in [0.3, 0.4) is 0 Å². The van der Waals surface area contributed by atoms with Crippen LogP contribution in [0.25, 0.3) is 0 Å². The van der Waals surface area contributed by atoms with Gasteiger partial charge in [-0.05, 0) is 30.2 Å². The first-order valence-electron chi connectivity index (χ1n) is 9.58. The second kappa shape index (κ2) is 8.76. The third kappa shape index (κ3) is 4.92. The summed E-state index contributed by atoms with van der Waals surface area (Å²) in [6.45, 7) is 5.30. The van der Waals surface area contributed by atoms with Gasteiger partial charge >= 0.3 is 6.18 Å². The summed E-state index contributed by atoms with van der Waals surface area (Å²) >= 11 is 0. The molecule has 0 aliphatic carbocycles. The maximum absolute atomic E-state index is 13.0. The first-order valence-corrected chi connectivity index (χ1v) is 9.58. The topological polar surface area (TPSA) is 78.7 Å². The smallest absolute Gasteiger partial charge is 0.417 e. The molecule has 1 unspecified atom stereocenters. The van der Waals surface area contributed by atoms with Gasteiger partial charge in [0.15, 0.2) is 5.76 Å². The molecule has 1 N–H and O–H groups in total. The van der Waals surface area contributed by atoms with Crippen molar-refractivity contribution in [3.63, 3.8) is 0 Å². The van der Waals surface area contributed by atoms with Gasteiger partial charge in [-0.3, -0.25) is 9.59 Å². The van der Waals surface area contributed by atoms with Gasteiger partial charge in [0, 0.05) is 32.4 Å². The predicted molar refractivity (Wildman–Crippen MR) is 103 cm³/mol. The van der Waals surface area contributed by atoms with Crippen LogP contribution in [0.15, 0.2) is 41.1 Å². The van der Waals surface area contributed by atoms with Crippen LogP contribution in [0.1, 0.15) is 30.0 Å². The van der Waals surface area contributed by atoms with Gasteiger partial charge < -0.3 is 19.5 Å². The van der Waals surface area contributed by atoms with E-state index in [1.54, 1.807) is 11.0 Å². The van der Waals surface area contributed by atoms with E-state index in [-0.39, 0.29) is 17.6 Å². The van der Waals surface area contributed by atoms with Gasteiger partial charge in [0.2, 0.25) is 5.91 Å². The van der Waals surface area contributed by atoms with E-state index in [1.807, 2.05) is 18.7 Å². The first-order chi connectivity index (χ1) is 14.2. The van der Waals surface area contributed by atoms with Gasteiger partial charge in [0.25, 0.3) is 5.91 Å². The van der Waals surface area contributed by atoms with Crippen molar-refractivity contribution in [3.8, 4) is 0 Å². The molecule has 0 aromatic carbocycles. The van der Waals surface area contributed by atoms with E-state index >= 15 is 0 Å². The van der Waals surface area contributed by atoms with Crippen molar-refractivity contribution in [1.82, 2.24) is 15.2 Å². The van der Waals surface area contributed by atoms with Crippen molar-refractivity contribution >= 4 is 17.6 Å². The Hall–Kier alpha value is -3.04. The highest BCUT2D eigenvalue weighted by atomic mass is 19.4. The van der Waals surface area contributed by atoms with Gasteiger partial charge in [-0.15, -0.1) is 0 Å². The SMILES string of the molecule is CC(C)C(NC(=O)c1ccco1)C(=O)N1CCN(c2ccc(C(F)(F)F)cn2)CC1. The van der Waals surface area contributed by atoms with E-state index in [0.717, 1.165) is 12.3 Å². The monoisotopic (exact) mass is 424 g/mol. The standard InChI is InChI=1S/C20H23F3N4O3/c1-13(2)17(25-18(28)15-4-3-11-30-15)19(29)27-9-7-26(8-10-27)16-6-5-14(12-24-16)20(21,22)23/h3-6,11-13,17H,7-10H2,1-2H3,(H,25,28). The van der Waals surface area contributed by atoms with Crippen molar-refractivity contribution in [2.75, 3.05) is 31.1 Å². The molecule has 1 aliphatic rings. The lowest BCUT2D eigenvalue weighted by Gasteiger charge is -2.37. The first kappa shape index (κ1) is 21.7. The number of anilines is 1. The Balaban J connectivity index is 1.60. The molecular formula is C20H23F3N4O3. The number of amides is 2. The summed E-state index contributed by atoms with van der Waals surface area (Å²) in [4.78, 5) is 32.6. The number of hydrogen-bond donors (Lipinski definition) is 1. The Morgan fingerprint density at radius 1 is 1.13 bits per heavy atom. The molecule has 0 bridgehead atoms. The summed E-state index contributed by atoms with van der Waals surface area (Å²) in [6.07, 6.45) is -2.23. The van der Waals surface area contributed by atoms with E-state index in [2.05, 4.69) is 10.3 Å². The number of carbonyl (C=O) groups is 2. The molecule has 2 aromatic heterocycles. The van der Waals surface area contributed by atoms with Crippen LogP contribution in [0.5, 0.6) is 0 Å². The lowest BCUT2D eigenvalue weighted by molar-refractivity contribution is -0.138. The second-order valence-corrected chi connectivity index (χ2v) is 7.39. The largest absolute Gasteiger partial charge is 0.459 e. The number of nitrogens with zero attached hydrogens (tertiary/aromatic N) is 3. The summed E-state index contributed by atoms with van der Waals surface area (Å²) < 4.78 is 43.1. The molecule has 0 spiro atoms. The number of piperazine rings is 1. The van der Waals surface area contributed by atoms with E-state index in [1.165, 1.54) is 18.4 Å². The minimum absolute atomic E-state index is 0.131. The van der Waals surface area contributed by atoms with Crippen LogP contribution >= 0.6 is 0 Å². The van der Waals surface area contributed by atoms with Gasteiger partial charge in [-0.1, -0.05) is 13.8 Å². The Morgan fingerprint density at radius 2 is 1.83 bits per heavy atom. The van der Waals surface area contributed by atoms with Crippen LogP contribution in [0, 0.1) is 5.92 Å². The van der Waals surface area contributed by atoms with Gasteiger partial charge in [0.1, 0.15) is 11.9 Å². The molecule has 0 radical (unpaired) electrons. The number of aromatic nitrogens is 1. The number of furan rings is 1. The number of nitrogens with one attached hydrogen (secondary N) is 1. The molecular weight excluding hydrogens is 401 g/mol. The highest BCUT2D eigenvalue weighted by Gasteiger charge is 2.33. The molecule has 7 nitrogen and oxygen atoms in total. The number of carbonyl (C=O) groups excluding carboxylic acids is 2. The van der Waals surface area contributed by atoms with E-state index < -0.39 is 23.7 Å². The zero-order valence-corrected chi connectivity index (χ0v) is 16.6. The van der Waals surface area contributed by atoms with Crippen LogP contribution in [0.4, 0.5) is 19.0 Å². The lowest BCUT2D eigenvalue weighted by atomic mass is 10.0. The molecule has 2 aromatic rings. The minimum atomic E-state index is -4.43. The van der Waals surface area contributed by atoms with Crippen molar-refractivity contribution in [3.05, 3.63) is 48.0 Å². The average Bonchev–Trinajstić information content (AvgIpc) is 3.26. The molecule has 3 rings (SSSR count). The molecule has 1 fully saturated rings. The van der Waals surface area contributed by atoms with Crippen molar-refractivity contribution in [2.45, 2.75) is 26.1 Å². The average molecular weight is 424 g/mol. The van der Waals surface area contributed by atoms with Crippen molar-refractivity contribution in [1.29, 1.82) is 0 Å². The number of halogens is 3. The maximum Gasteiger partial charge on any atom is 0.417 e. The normalized spacial score (nSPS) is 15.9. The quantitative estimate of drug-likeness (QED) is 0.799. The Kier molecular flexibility index (Phi) is 6.33. The minimum Gasteiger partial charge on any atom is -0.459 e. The van der Waals surface area contributed by atoms with Crippen LogP contribution in [-0.2, 0) is 11.0 Å². The summed E-state index contributed by atoms with van der Waals surface area (Å²) in [6, 6.07) is 4.74. The Labute approximate surface area is 171 Å². The summed E-state index contributed by atoms with van der Waals surface area (Å²) in [7, 11) is 0. The third-order valence-electron chi connectivity index (χ3n) is 4.95. The molecule has 1 aliphatic heterocycles. The Bertz CT molecular complexity index is 858. The predicted octanol–water partition coefficient (Wildman–Crippen LogP) is 2.80. The second-order valence-electron chi connectivity index (χ2n) is 7.39. The number of rotatable bonds is 5. The fraction of sp³-hybridized carbons (Fsp3) is 0.450. The zero-order valence-electron chi connectivity index (χ0n) is 16.6. The molecule has 1 atom stereocenters. The Morgan fingerprint density at radius 3 is 2.33 bits per heavy atom. The highest BCUT2D eigenvalue weighted by Crippen LogP contribution is 2.29. The van der Waals surface area contributed by atoms with Gasteiger partial charge in [0.05, 0.1) is 11.8 Å². The van der Waals surface area contributed by atoms with Crippen molar-refractivity contribution in [2.24, 2.45) is 5.92 Å². The lowest BCUT2D eigenvalue weighted by Crippen LogP contribution is -2.56. The van der Waals surface area contributed by atoms with Gasteiger partial charge in [-0.25, -0.2) is 4.98 Å². The van der Waals surface area contributed by atoms with Crippen LogP contribution in [-0.4, -0.2) is 53.9 Å². The maximum atomic E-state index is 13.0. The fourth-order valence-electron chi connectivity index (χ4n) is 3.23. The molecule has 1 saturated heterocycles. The molecule has 0 saturated carbocycles. The third-order valence-corrected chi connectivity index (χ3v) is 4.95. The highest BCUT2D eigenvalue weighted by molar-refractivity contribution is 5.95. The number of alkyl halides is 3. The summed E-state index contributed by atoms with van der Waals surface area (Å²) in [5, 5.41) is 2.72. The van der Waals surface area contributed by atoms with Gasteiger partial charge in [-0.2, -0.15) is 13.2 Å². The van der Waals surface area contributed by atoms with E-state index in [4.69, 9.17) is 4.42 Å². The summed E-state index contributed by atoms with van der Waals surface area (Å²) in [5.41, 5.74) is -0.799. The zero-order chi connectivity index (χ0) is 21.9. The van der Waals surface area contributed by atoms with Crippen molar-refractivity contribution < 1.29 is 27.2 Å². The summed E-state index contributed by atoms with van der Waals surface area (Å²) in [5.74, 6) is -0.233. The molecule has 30 heavy (non-hydrogen) atoms. The molecule has 162 valence electrons. The van der Waals surface area contributed by atoms with E-state index in [9.17, 15) is 22.8 Å². The number of pyridine rings is 1. The molecule has 10 heteroatoms. The molecule has 2 amide bonds. The number of hydrogen-bond acceptors (Lipinski definition) is 5. The molecule has 3 heterocycles. The van der Waals surface area contributed by atoms with Crippen LogP contribution in [0.2, 0.25) is 0 Å². The fourth-order valence-corrected chi connectivity index (χ4v) is 3.23. The van der Waals surface area contributed by atoms with Crippen LogP contribution < -0.4 is 10.2 Å². The van der Waals surface area contributed by atoms with E-state index in [0.29, 0.717) is 32.0 Å².